The molecule has 1 N–H and O–H groups in total. The van der Waals surface area contributed by atoms with Crippen LogP contribution in [-0.4, -0.2) is 215 Å². The lowest BCUT2D eigenvalue weighted by Crippen LogP contribution is -2.65. The topological polar surface area (TPSA) is 177 Å². The second-order valence-electron chi connectivity index (χ2n) is 24.0. The zero-order valence-corrected chi connectivity index (χ0v) is 56.8. The van der Waals surface area contributed by atoms with Gasteiger partial charge in [0.25, 0.3) is 0 Å². The van der Waals surface area contributed by atoms with E-state index < -0.39 is 91.9 Å². The molecule has 0 radical (unpaired) electrons. The van der Waals surface area contributed by atoms with Crippen LogP contribution in [-0.2, 0) is 80.5 Å². The van der Waals surface area contributed by atoms with Gasteiger partial charge in [-0.2, -0.15) is 0 Å². The fourth-order valence-corrected chi connectivity index (χ4v) is 10.6. The van der Waals surface area contributed by atoms with Crippen LogP contribution in [0.25, 0.3) is 0 Å². The summed E-state index contributed by atoms with van der Waals surface area (Å²) in [6.45, 7) is 32.5. The summed E-state index contributed by atoms with van der Waals surface area (Å²) in [5.74, 6) is 0. The van der Waals surface area contributed by atoms with Crippen LogP contribution >= 0.6 is 0 Å². The molecule has 0 bridgehead atoms. The average Bonchev–Trinajstić information content (AvgIpc) is 1.71. The molecule has 3 rings (SSSR count). The summed E-state index contributed by atoms with van der Waals surface area (Å²) in [6.07, 6.45) is 9.93. The summed E-state index contributed by atoms with van der Waals surface area (Å²) in [5, 5.41) is 11.9. The van der Waals surface area contributed by atoms with E-state index in [-0.39, 0.29) is 32.0 Å². The van der Waals surface area contributed by atoms with Crippen LogP contribution in [0, 0.1) is 0 Å². The molecule has 0 aromatic heterocycles. The molecule has 3 fully saturated rings. The van der Waals surface area contributed by atoms with Crippen LogP contribution < -0.4 is 0 Å². The van der Waals surface area contributed by atoms with Gasteiger partial charge in [0.2, 0.25) is 0 Å². The van der Waals surface area contributed by atoms with E-state index in [1.807, 2.05) is 6.92 Å². The number of hydrogen-bond acceptors (Lipinski definition) is 18. The minimum atomic E-state index is -0.954. The number of hydrogen-bond donors (Lipinski definition) is 1. The van der Waals surface area contributed by atoms with E-state index in [0.29, 0.717) is 92.3 Å². The Balaban J connectivity index is 2.19. The van der Waals surface area contributed by atoms with Gasteiger partial charge in [-0.15, -0.1) is 0 Å². The van der Waals surface area contributed by atoms with Crippen molar-refractivity contribution in [2.24, 2.45) is 0 Å². The third-order valence-corrected chi connectivity index (χ3v) is 16.2. The molecule has 0 spiro atoms. The van der Waals surface area contributed by atoms with Crippen molar-refractivity contribution in [2.75, 3.05) is 106 Å². The van der Waals surface area contributed by atoms with E-state index in [1.54, 1.807) is 0 Å². The second-order valence-corrected chi connectivity index (χ2v) is 24.0. The van der Waals surface area contributed by atoms with Crippen molar-refractivity contribution in [2.45, 2.75) is 335 Å². The smallest absolute Gasteiger partial charge is 0.187 e. The van der Waals surface area contributed by atoms with Crippen LogP contribution in [0.2, 0.25) is 0 Å². The Hall–Kier alpha value is -0.720. The van der Waals surface area contributed by atoms with Crippen LogP contribution in [0.3, 0.4) is 0 Å². The van der Waals surface area contributed by atoms with Gasteiger partial charge >= 0.3 is 0 Å². The normalized spacial score (nSPS) is 27.8. The Morgan fingerprint density at radius 2 is 0.779 bits per heavy atom. The van der Waals surface area contributed by atoms with Gasteiger partial charge in [0.15, 0.2) is 12.6 Å². The van der Waals surface area contributed by atoms with Crippen molar-refractivity contribution in [1.29, 1.82) is 0 Å². The molecule has 0 saturated carbocycles. The number of aliphatic hydroxyl groups is 1. The largest absolute Gasteiger partial charge is 0.388 e. The number of ether oxygens (including phenoxy) is 17. The first-order valence-electron chi connectivity index (χ1n) is 35.3. The van der Waals surface area contributed by atoms with Crippen LogP contribution in [0.15, 0.2) is 0 Å². The van der Waals surface area contributed by atoms with E-state index in [0.717, 1.165) is 141 Å². The maximum absolute atomic E-state index is 11.9. The van der Waals surface area contributed by atoms with Crippen LogP contribution in [0.1, 0.15) is 231 Å². The molecule has 3 saturated heterocycles. The average molecular weight is 1240 g/mol. The second kappa shape index (κ2) is 51.7. The molecular formula is C68H132O18. The first-order chi connectivity index (χ1) is 42.2. The summed E-state index contributed by atoms with van der Waals surface area (Å²) in [5.41, 5.74) is 0. The maximum Gasteiger partial charge on any atom is 0.187 e. The Kier molecular flexibility index (Phi) is 47.8. The van der Waals surface area contributed by atoms with Gasteiger partial charge in [-0.1, -0.05) is 147 Å². The Bertz CT molecular complexity index is 1510. The Morgan fingerprint density at radius 1 is 0.372 bits per heavy atom. The SMILES string of the molecule is CCCCOCC(O)C(OCCCC)C(OCCCC)C(COCC1OC(OC2CCOC(COCCCC)C2OC2OC(C)C(OCCCC)C(OCCCC)C2OCCCC)C(OCCCC)C(OCCCC)C1OCCCC)OCCCC. The van der Waals surface area contributed by atoms with E-state index in [1.165, 1.54) is 0 Å². The Morgan fingerprint density at radius 3 is 1.30 bits per heavy atom. The molecule has 0 amide bonds. The summed E-state index contributed by atoms with van der Waals surface area (Å²) in [4.78, 5) is 0. The predicted octanol–water partition coefficient (Wildman–Crippen LogP) is 12.7. The number of aliphatic hydroxyl groups excluding tert-OH is 1. The minimum absolute atomic E-state index is 0.110. The molecule has 3 aliphatic rings. The molecule has 18 heteroatoms. The quantitative estimate of drug-likeness (QED) is 0.0568. The van der Waals surface area contributed by atoms with Crippen LogP contribution in [0.4, 0.5) is 0 Å². The number of rotatable bonds is 57. The van der Waals surface area contributed by atoms with E-state index in [2.05, 4.69) is 76.2 Å². The lowest BCUT2D eigenvalue weighted by Gasteiger charge is -2.49. The summed E-state index contributed by atoms with van der Waals surface area (Å²) >= 11 is 0. The summed E-state index contributed by atoms with van der Waals surface area (Å²) in [7, 11) is 0. The fourth-order valence-electron chi connectivity index (χ4n) is 10.6. The molecule has 0 aromatic rings. The molecule has 3 heterocycles. The van der Waals surface area contributed by atoms with E-state index >= 15 is 0 Å². The molecule has 3 aliphatic heterocycles. The monoisotopic (exact) mass is 1240 g/mol. The standard InChI is InChI=1S/C68H132O18/c1-13-24-36-70-48-53(69)59(76-40-28-17-5)61(77-41-29-18-6)56(73-38-26-15-3)50-72-51-57-62(78-42-30-19-7)64(80-44-32-21-9)66(82-46-34-23-11)68(85-57)84-54-35-47-74-55(49-71-37-25-14-2)60(54)86-67-65(81-45-33-22-10)63(79-43-31-20-8)58(52(12)83-67)75-39-27-16-4/h52-69H,13-51H2,1-12H3. The summed E-state index contributed by atoms with van der Waals surface area (Å²) in [6, 6.07) is 0. The van der Waals surface area contributed by atoms with Crippen molar-refractivity contribution >= 4 is 0 Å². The molecular weight excluding hydrogens is 1100 g/mol. The molecule has 17 atom stereocenters. The zero-order chi connectivity index (χ0) is 62.4. The number of unbranched alkanes of at least 4 members (excludes halogenated alkanes) is 11. The predicted molar refractivity (Wildman–Crippen MR) is 337 cm³/mol. The maximum atomic E-state index is 11.9. The van der Waals surface area contributed by atoms with Crippen molar-refractivity contribution in [3.05, 3.63) is 0 Å². The molecule has 0 aromatic carbocycles. The first kappa shape index (κ1) is 79.5. The fraction of sp³-hybridized carbons (Fsp3) is 1.00. The Labute approximate surface area is 524 Å². The van der Waals surface area contributed by atoms with E-state index in [4.69, 9.17) is 80.5 Å². The third kappa shape index (κ3) is 30.4. The van der Waals surface area contributed by atoms with Gasteiger partial charge in [0, 0.05) is 79.3 Å². The highest BCUT2D eigenvalue weighted by molar-refractivity contribution is 4.97. The zero-order valence-electron chi connectivity index (χ0n) is 56.8. The van der Waals surface area contributed by atoms with Crippen molar-refractivity contribution in [3.63, 3.8) is 0 Å². The van der Waals surface area contributed by atoms with Gasteiger partial charge in [-0.05, 0) is 84.0 Å². The lowest BCUT2D eigenvalue weighted by atomic mass is 9.96. The molecule has 86 heavy (non-hydrogen) atoms. The molecule has 17 unspecified atom stereocenters. The molecule has 18 nitrogen and oxygen atoms in total. The van der Waals surface area contributed by atoms with Gasteiger partial charge < -0.3 is 85.6 Å². The van der Waals surface area contributed by atoms with E-state index in [9.17, 15) is 5.11 Å². The van der Waals surface area contributed by atoms with Crippen molar-refractivity contribution < 1.29 is 85.6 Å². The minimum Gasteiger partial charge on any atom is -0.388 e. The van der Waals surface area contributed by atoms with Gasteiger partial charge in [-0.25, -0.2) is 0 Å². The third-order valence-electron chi connectivity index (χ3n) is 16.2. The van der Waals surface area contributed by atoms with Crippen molar-refractivity contribution in [1.82, 2.24) is 0 Å². The molecule has 512 valence electrons. The first-order valence-corrected chi connectivity index (χ1v) is 35.3. The van der Waals surface area contributed by atoms with Crippen molar-refractivity contribution in [3.8, 4) is 0 Å². The van der Waals surface area contributed by atoms with Gasteiger partial charge in [0.05, 0.1) is 38.6 Å². The highest BCUT2D eigenvalue weighted by atomic mass is 16.8. The van der Waals surface area contributed by atoms with Crippen LogP contribution in [0.5, 0.6) is 0 Å². The highest BCUT2D eigenvalue weighted by Crippen LogP contribution is 2.37. The highest BCUT2D eigenvalue weighted by Gasteiger charge is 2.53. The summed E-state index contributed by atoms with van der Waals surface area (Å²) < 4.78 is 116. The van der Waals surface area contributed by atoms with Gasteiger partial charge in [-0.3, -0.25) is 0 Å². The lowest BCUT2D eigenvalue weighted by molar-refractivity contribution is -0.366. The van der Waals surface area contributed by atoms with Gasteiger partial charge in [0.1, 0.15) is 79.4 Å². The molecule has 0 aliphatic carbocycles.